The van der Waals surface area contributed by atoms with E-state index in [1.165, 1.54) is 0 Å². The molecule has 0 saturated heterocycles. The predicted octanol–water partition coefficient (Wildman–Crippen LogP) is 0.265. The summed E-state index contributed by atoms with van der Waals surface area (Å²) in [6.07, 6.45) is 3.64. The highest BCUT2D eigenvalue weighted by atomic mass is 32.2. The summed E-state index contributed by atoms with van der Waals surface area (Å²) in [6.45, 7) is -0.318. The van der Waals surface area contributed by atoms with Crippen molar-refractivity contribution in [1.82, 2.24) is 0 Å². The van der Waals surface area contributed by atoms with Gasteiger partial charge < -0.3 is 9.29 Å². The molecule has 0 aromatic rings. The van der Waals surface area contributed by atoms with Crippen LogP contribution in [0.4, 0.5) is 0 Å². The maximum Gasteiger partial charge on any atom is 0.308 e. The molecular formula is C8H13O5S-. The molecule has 1 fully saturated rings. The Hall–Kier alpha value is -0.620. The lowest BCUT2D eigenvalue weighted by Gasteiger charge is -2.10. The third kappa shape index (κ3) is 4.06. The highest BCUT2D eigenvalue weighted by Gasteiger charge is 2.23. The van der Waals surface area contributed by atoms with Crippen LogP contribution in [0, 0.1) is 5.92 Å². The minimum Gasteiger partial charge on any atom is -0.748 e. The smallest absolute Gasteiger partial charge is 0.308 e. The van der Waals surface area contributed by atoms with Crippen LogP contribution < -0.4 is 0 Å². The number of carbonyl (C=O) groups is 1. The van der Waals surface area contributed by atoms with E-state index in [1.54, 1.807) is 0 Å². The SMILES string of the molecule is O=C(OCCS(=O)(=O)[O-])C1CCCC1. The highest BCUT2D eigenvalue weighted by molar-refractivity contribution is 7.85. The van der Waals surface area contributed by atoms with Crippen LogP contribution in [-0.4, -0.2) is 31.3 Å². The van der Waals surface area contributed by atoms with Gasteiger partial charge in [0.1, 0.15) is 6.61 Å². The minimum absolute atomic E-state index is 0.0932. The van der Waals surface area contributed by atoms with Gasteiger partial charge in [0.2, 0.25) is 0 Å². The Labute approximate surface area is 83.2 Å². The molecule has 82 valence electrons. The first-order valence-electron chi connectivity index (χ1n) is 4.59. The molecule has 0 bridgehead atoms. The molecule has 1 saturated carbocycles. The van der Waals surface area contributed by atoms with Crippen molar-refractivity contribution in [3.63, 3.8) is 0 Å². The zero-order valence-electron chi connectivity index (χ0n) is 7.77. The summed E-state index contributed by atoms with van der Waals surface area (Å²) in [6, 6.07) is 0. The van der Waals surface area contributed by atoms with Gasteiger partial charge in [-0.15, -0.1) is 0 Å². The molecule has 0 aromatic carbocycles. The number of hydrogen-bond donors (Lipinski definition) is 0. The lowest BCUT2D eigenvalue weighted by atomic mass is 10.1. The van der Waals surface area contributed by atoms with Gasteiger partial charge in [0.25, 0.3) is 0 Å². The van der Waals surface area contributed by atoms with Crippen LogP contribution in [0.5, 0.6) is 0 Å². The lowest BCUT2D eigenvalue weighted by molar-refractivity contribution is -0.147. The third-order valence-corrected chi connectivity index (χ3v) is 2.93. The molecule has 6 heteroatoms. The van der Waals surface area contributed by atoms with E-state index in [2.05, 4.69) is 4.74 Å². The van der Waals surface area contributed by atoms with Crippen LogP contribution in [0.25, 0.3) is 0 Å². The van der Waals surface area contributed by atoms with E-state index in [-0.39, 0.29) is 18.5 Å². The first-order chi connectivity index (χ1) is 6.49. The fourth-order valence-corrected chi connectivity index (χ4v) is 1.81. The Morgan fingerprint density at radius 3 is 2.43 bits per heavy atom. The van der Waals surface area contributed by atoms with E-state index in [0.29, 0.717) is 0 Å². The van der Waals surface area contributed by atoms with E-state index in [4.69, 9.17) is 0 Å². The largest absolute Gasteiger partial charge is 0.748 e. The summed E-state index contributed by atoms with van der Waals surface area (Å²) in [5, 5.41) is 0. The van der Waals surface area contributed by atoms with Crippen molar-refractivity contribution in [3.8, 4) is 0 Å². The molecule has 1 aliphatic carbocycles. The van der Waals surface area contributed by atoms with Gasteiger partial charge in [-0.3, -0.25) is 4.79 Å². The summed E-state index contributed by atoms with van der Waals surface area (Å²) < 4.78 is 35.2. The van der Waals surface area contributed by atoms with Crippen molar-refractivity contribution in [2.24, 2.45) is 5.92 Å². The quantitative estimate of drug-likeness (QED) is 0.502. The van der Waals surface area contributed by atoms with E-state index in [9.17, 15) is 17.8 Å². The number of hydrogen-bond acceptors (Lipinski definition) is 5. The van der Waals surface area contributed by atoms with Crippen LogP contribution in [0.3, 0.4) is 0 Å². The summed E-state index contributed by atoms with van der Waals surface area (Å²) >= 11 is 0. The second-order valence-electron chi connectivity index (χ2n) is 3.41. The molecule has 0 atom stereocenters. The number of carbonyl (C=O) groups excluding carboxylic acids is 1. The number of ether oxygens (including phenoxy) is 1. The molecule has 0 heterocycles. The molecule has 0 spiro atoms. The van der Waals surface area contributed by atoms with Gasteiger partial charge in [0.05, 0.1) is 21.8 Å². The number of rotatable bonds is 4. The molecular weight excluding hydrogens is 208 g/mol. The van der Waals surface area contributed by atoms with Crippen molar-refractivity contribution < 1.29 is 22.5 Å². The zero-order valence-corrected chi connectivity index (χ0v) is 8.59. The fraction of sp³-hybridized carbons (Fsp3) is 0.875. The molecule has 0 aliphatic heterocycles. The summed E-state index contributed by atoms with van der Waals surface area (Å²) in [4.78, 5) is 11.2. The first kappa shape index (κ1) is 11.5. The van der Waals surface area contributed by atoms with E-state index >= 15 is 0 Å². The van der Waals surface area contributed by atoms with Crippen molar-refractivity contribution in [3.05, 3.63) is 0 Å². The topological polar surface area (TPSA) is 83.5 Å². The maximum atomic E-state index is 11.2. The van der Waals surface area contributed by atoms with Crippen molar-refractivity contribution in [1.29, 1.82) is 0 Å². The van der Waals surface area contributed by atoms with Crippen molar-refractivity contribution in [2.75, 3.05) is 12.4 Å². The van der Waals surface area contributed by atoms with Crippen LogP contribution in [0.2, 0.25) is 0 Å². The Morgan fingerprint density at radius 1 is 1.36 bits per heavy atom. The second kappa shape index (κ2) is 4.75. The summed E-state index contributed by atoms with van der Waals surface area (Å²) in [7, 11) is -4.27. The molecule has 1 rings (SSSR count). The standard InChI is InChI=1S/C8H14O5S/c9-8(7-3-1-2-4-7)13-5-6-14(10,11)12/h7H,1-6H2,(H,10,11,12)/p-1. The molecule has 5 nitrogen and oxygen atoms in total. The minimum atomic E-state index is -4.27. The maximum absolute atomic E-state index is 11.2. The zero-order chi connectivity index (χ0) is 10.6. The van der Waals surface area contributed by atoms with E-state index < -0.39 is 15.9 Å². The van der Waals surface area contributed by atoms with Gasteiger partial charge >= 0.3 is 5.97 Å². The molecule has 1 aliphatic rings. The van der Waals surface area contributed by atoms with Gasteiger partial charge in [-0.25, -0.2) is 8.42 Å². The van der Waals surface area contributed by atoms with Crippen LogP contribution in [-0.2, 0) is 19.6 Å². The highest BCUT2D eigenvalue weighted by Crippen LogP contribution is 2.25. The van der Waals surface area contributed by atoms with E-state index in [0.717, 1.165) is 25.7 Å². The van der Waals surface area contributed by atoms with Gasteiger partial charge in [0, 0.05) is 0 Å². The molecule has 0 N–H and O–H groups in total. The van der Waals surface area contributed by atoms with E-state index in [1.807, 2.05) is 0 Å². The fourth-order valence-electron chi connectivity index (χ4n) is 1.52. The molecule has 0 amide bonds. The first-order valence-corrected chi connectivity index (χ1v) is 6.17. The molecule has 14 heavy (non-hydrogen) atoms. The average Bonchev–Trinajstić information content (AvgIpc) is 2.53. The van der Waals surface area contributed by atoms with Crippen LogP contribution >= 0.6 is 0 Å². The predicted molar refractivity (Wildman–Crippen MR) is 47.5 cm³/mol. The van der Waals surface area contributed by atoms with Crippen LogP contribution in [0.15, 0.2) is 0 Å². The summed E-state index contributed by atoms with van der Waals surface area (Å²) in [5.41, 5.74) is 0. The summed E-state index contributed by atoms with van der Waals surface area (Å²) in [5.74, 6) is -1.10. The Balaban J connectivity index is 2.21. The molecule has 0 radical (unpaired) electrons. The molecule has 0 aromatic heterocycles. The monoisotopic (exact) mass is 221 g/mol. The van der Waals surface area contributed by atoms with Crippen molar-refractivity contribution in [2.45, 2.75) is 25.7 Å². The van der Waals surface area contributed by atoms with Gasteiger partial charge in [0.15, 0.2) is 0 Å². The lowest BCUT2D eigenvalue weighted by Crippen LogP contribution is -2.19. The van der Waals surface area contributed by atoms with Crippen molar-refractivity contribution >= 4 is 16.1 Å². The third-order valence-electron chi connectivity index (χ3n) is 2.27. The number of esters is 1. The Kier molecular flexibility index (Phi) is 3.88. The van der Waals surface area contributed by atoms with Gasteiger partial charge in [-0.05, 0) is 12.8 Å². The normalized spacial score (nSPS) is 18.4. The van der Waals surface area contributed by atoms with Gasteiger partial charge in [-0.2, -0.15) is 0 Å². The van der Waals surface area contributed by atoms with Crippen LogP contribution in [0.1, 0.15) is 25.7 Å². The molecule has 0 unspecified atom stereocenters. The second-order valence-corrected chi connectivity index (χ2v) is 4.93. The Morgan fingerprint density at radius 2 is 1.93 bits per heavy atom. The average molecular weight is 221 g/mol. The Bertz CT molecular complexity index is 289. The van der Waals surface area contributed by atoms with Gasteiger partial charge in [-0.1, -0.05) is 12.8 Å².